The molecule has 1 heterocycles. The molecular weight excluding hydrogens is 242 g/mol. The fourth-order valence-corrected chi connectivity index (χ4v) is 3.57. The Morgan fingerprint density at radius 2 is 2.00 bits per heavy atom. The first-order chi connectivity index (χ1) is 8.69. The minimum Gasteiger partial charge on any atom is -0.373 e. The van der Waals surface area contributed by atoms with Crippen molar-refractivity contribution in [1.82, 2.24) is 5.32 Å². The van der Waals surface area contributed by atoms with E-state index in [-0.39, 0.29) is 0 Å². The van der Waals surface area contributed by atoms with Gasteiger partial charge in [-0.2, -0.15) is 0 Å². The summed E-state index contributed by atoms with van der Waals surface area (Å²) in [5.41, 5.74) is 0. The molecule has 0 aliphatic heterocycles. The van der Waals surface area contributed by atoms with Gasteiger partial charge < -0.3 is 10.1 Å². The third kappa shape index (κ3) is 3.81. The van der Waals surface area contributed by atoms with Gasteiger partial charge in [0.05, 0.1) is 12.7 Å². The van der Waals surface area contributed by atoms with Crippen molar-refractivity contribution in [3.05, 3.63) is 21.9 Å². The molecule has 0 radical (unpaired) electrons. The van der Waals surface area contributed by atoms with Gasteiger partial charge in [-0.25, -0.2) is 0 Å². The lowest BCUT2D eigenvalue weighted by atomic mass is 9.80. The number of nitrogens with one attached hydrogen (secondary N) is 1. The summed E-state index contributed by atoms with van der Waals surface area (Å²) in [5, 5.41) is 3.18. The number of thiophene rings is 1. The largest absolute Gasteiger partial charge is 0.373 e. The quantitative estimate of drug-likeness (QED) is 0.876. The molecule has 3 unspecified atom stereocenters. The average molecular weight is 267 g/mol. The maximum atomic E-state index is 6.07. The summed E-state index contributed by atoms with van der Waals surface area (Å²) in [5.74, 6) is 1.68. The molecule has 0 saturated heterocycles. The highest BCUT2D eigenvalue weighted by Crippen LogP contribution is 2.31. The van der Waals surface area contributed by atoms with E-state index in [2.05, 4.69) is 31.3 Å². The van der Waals surface area contributed by atoms with Crippen LogP contribution in [0, 0.1) is 11.8 Å². The van der Waals surface area contributed by atoms with E-state index >= 15 is 0 Å². The third-order valence-electron chi connectivity index (χ3n) is 4.08. The Morgan fingerprint density at radius 3 is 2.72 bits per heavy atom. The van der Waals surface area contributed by atoms with Crippen LogP contribution in [-0.4, -0.2) is 13.2 Å². The molecule has 1 saturated carbocycles. The van der Waals surface area contributed by atoms with Crippen LogP contribution in [0.1, 0.15) is 42.9 Å². The first-order valence-corrected chi connectivity index (χ1v) is 7.84. The number of hydrogen-bond acceptors (Lipinski definition) is 3. The zero-order chi connectivity index (χ0) is 13.0. The first kappa shape index (κ1) is 14.0. The maximum absolute atomic E-state index is 6.07. The summed E-state index contributed by atoms with van der Waals surface area (Å²) in [7, 11) is 1.99. The molecule has 0 amide bonds. The maximum Gasteiger partial charge on any atom is 0.0813 e. The van der Waals surface area contributed by atoms with Gasteiger partial charge in [0.25, 0.3) is 0 Å². The Hall–Kier alpha value is -0.380. The minimum absolute atomic E-state index is 0.478. The van der Waals surface area contributed by atoms with Gasteiger partial charge in [0, 0.05) is 16.3 Å². The SMILES string of the molecule is CNCc1ccc(COC2CCC(C)C(C)C2)s1. The van der Waals surface area contributed by atoms with Crippen LogP contribution < -0.4 is 5.32 Å². The number of hydrogen-bond donors (Lipinski definition) is 1. The van der Waals surface area contributed by atoms with Crippen molar-refractivity contribution >= 4 is 11.3 Å². The molecule has 0 bridgehead atoms. The van der Waals surface area contributed by atoms with Gasteiger partial charge in [0.15, 0.2) is 0 Å². The van der Waals surface area contributed by atoms with E-state index in [9.17, 15) is 0 Å². The van der Waals surface area contributed by atoms with Gasteiger partial charge in [0.2, 0.25) is 0 Å². The normalized spacial score (nSPS) is 28.5. The van der Waals surface area contributed by atoms with Crippen LogP contribution in [-0.2, 0) is 17.9 Å². The lowest BCUT2D eigenvalue weighted by Crippen LogP contribution is -2.26. The summed E-state index contributed by atoms with van der Waals surface area (Å²) in [4.78, 5) is 2.74. The predicted molar refractivity (Wildman–Crippen MR) is 77.8 cm³/mol. The van der Waals surface area contributed by atoms with E-state index < -0.39 is 0 Å². The molecule has 3 atom stereocenters. The smallest absolute Gasteiger partial charge is 0.0813 e. The van der Waals surface area contributed by atoms with Gasteiger partial charge >= 0.3 is 0 Å². The topological polar surface area (TPSA) is 21.3 Å². The van der Waals surface area contributed by atoms with Crippen molar-refractivity contribution < 1.29 is 4.74 Å². The lowest BCUT2D eigenvalue weighted by molar-refractivity contribution is -0.00633. The van der Waals surface area contributed by atoms with E-state index in [0.717, 1.165) is 25.0 Å². The van der Waals surface area contributed by atoms with Gasteiger partial charge in [0.1, 0.15) is 0 Å². The molecule has 1 aromatic rings. The van der Waals surface area contributed by atoms with Gasteiger partial charge in [-0.1, -0.05) is 13.8 Å². The molecule has 2 nitrogen and oxygen atoms in total. The van der Waals surface area contributed by atoms with Crippen molar-refractivity contribution in [3.63, 3.8) is 0 Å². The summed E-state index contributed by atoms with van der Waals surface area (Å²) in [6.45, 7) is 6.48. The second-order valence-corrected chi connectivity index (χ2v) is 6.85. The molecule has 2 rings (SSSR count). The van der Waals surface area contributed by atoms with Crippen molar-refractivity contribution in [3.8, 4) is 0 Å². The highest BCUT2D eigenvalue weighted by Gasteiger charge is 2.24. The Bertz CT molecular complexity index is 363. The molecule has 1 aliphatic rings. The van der Waals surface area contributed by atoms with Crippen LogP contribution in [0.5, 0.6) is 0 Å². The van der Waals surface area contributed by atoms with E-state index in [1.54, 1.807) is 0 Å². The summed E-state index contributed by atoms with van der Waals surface area (Å²) >= 11 is 1.86. The standard InChI is InChI=1S/C15H25NOS/c1-11-4-5-13(8-12(11)2)17-10-15-7-6-14(18-15)9-16-3/h6-7,11-13,16H,4-5,8-10H2,1-3H3. The minimum atomic E-state index is 0.478. The van der Waals surface area contributed by atoms with Gasteiger partial charge in [-0.15, -0.1) is 11.3 Å². The summed E-state index contributed by atoms with van der Waals surface area (Å²) in [6.07, 6.45) is 4.27. The second kappa shape index (κ2) is 6.69. The highest BCUT2D eigenvalue weighted by molar-refractivity contribution is 7.11. The summed E-state index contributed by atoms with van der Waals surface area (Å²) in [6, 6.07) is 4.40. The lowest BCUT2D eigenvalue weighted by Gasteiger charge is -2.31. The molecule has 0 aromatic carbocycles. The Labute approximate surface area is 115 Å². The molecule has 0 spiro atoms. The van der Waals surface area contributed by atoms with E-state index in [0.29, 0.717) is 6.10 Å². The van der Waals surface area contributed by atoms with Crippen molar-refractivity contribution in [2.24, 2.45) is 11.8 Å². The average Bonchev–Trinajstić information content (AvgIpc) is 2.79. The fraction of sp³-hybridized carbons (Fsp3) is 0.733. The number of ether oxygens (including phenoxy) is 1. The van der Waals surface area contributed by atoms with E-state index in [4.69, 9.17) is 4.74 Å². The second-order valence-electron chi connectivity index (χ2n) is 5.60. The highest BCUT2D eigenvalue weighted by atomic mass is 32.1. The van der Waals surface area contributed by atoms with Crippen LogP contribution in [0.3, 0.4) is 0 Å². The molecule has 1 aromatic heterocycles. The van der Waals surface area contributed by atoms with E-state index in [1.165, 1.54) is 29.0 Å². The molecule has 1 aliphatic carbocycles. The zero-order valence-electron chi connectivity index (χ0n) is 11.7. The fourth-order valence-electron chi connectivity index (χ4n) is 2.62. The molecule has 102 valence electrons. The van der Waals surface area contributed by atoms with Crippen molar-refractivity contribution in [1.29, 1.82) is 0 Å². The first-order valence-electron chi connectivity index (χ1n) is 7.02. The predicted octanol–water partition coefficient (Wildman–Crippen LogP) is 3.81. The summed E-state index contributed by atoms with van der Waals surface area (Å²) < 4.78 is 6.07. The molecular formula is C15H25NOS. The Kier molecular flexibility index (Phi) is 5.22. The monoisotopic (exact) mass is 267 g/mol. The van der Waals surface area contributed by atoms with Crippen LogP contribution in [0.25, 0.3) is 0 Å². The van der Waals surface area contributed by atoms with Crippen LogP contribution in [0.2, 0.25) is 0 Å². The van der Waals surface area contributed by atoms with Gasteiger partial charge in [-0.05, 0) is 50.3 Å². The van der Waals surface area contributed by atoms with Crippen molar-refractivity contribution in [2.45, 2.75) is 52.4 Å². The van der Waals surface area contributed by atoms with Crippen LogP contribution in [0.15, 0.2) is 12.1 Å². The molecule has 1 N–H and O–H groups in total. The Morgan fingerprint density at radius 1 is 1.22 bits per heavy atom. The molecule has 1 fully saturated rings. The Balaban J connectivity index is 1.77. The van der Waals surface area contributed by atoms with Crippen LogP contribution in [0.4, 0.5) is 0 Å². The number of rotatable bonds is 5. The van der Waals surface area contributed by atoms with Crippen LogP contribution >= 0.6 is 11.3 Å². The van der Waals surface area contributed by atoms with Gasteiger partial charge in [-0.3, -0.25) is 0 Å². The van der Waals surface area contributed by atoms with E-state index in [1.807, 2.05) is 18.4 Å². The molecule has 3 heteroatoms. The zero-order valence-corrected chi connectivity index (χ0v) is 12.6. The van der Waals surface area contributed by atoms with Crippen molar-refractivity contribution in [2.75, 3.05) is 7.05 Å². The molecule has 18 heavy (non-hydrogen) atoms. The third-order valence-corrected chi connectivity index (χ3v) is 5.14.